The van der Waals surface area contributed by atoms with E-state index in [-0.39, 0.29) is 11.9 Å². The van der Waals surface area contributed by atoms with Crippen molar-refractivity contribution in [1.29, 1.82) is 0 Å². The summed E-state index contributed by atoms with van der Waals surface area (Å²) in [6.45, 7) is 2.48. The van der Waals surface area contributed by atoms with Gasteiger partial charge in [-0.25, -0.2) is 13.1 Å². The van der Waals surface area contributed by atoms with Gasteiger partial charge in [0.15, 0.2) is 0 Å². The van der Waals surface area contributed by atoms with Crippen LogP contribution >= 0.6 is 0 Å². The molecule has 0 spiro atoms. The van der Waals surface area contributed by atoms with Crippen molar-refractivity contribution >= 4 is 21.6 Å². The van der Waals surface area contributed by atoms with E-state index in [9.17, 15) is 13.2 Å². The Kier molecular flexibility index (Phi) is 3.92. The summed E-state index contributed by atoms with van der Waals surface area (Å²) < 4.78 is 28.7. The Morgan fingerprint density at radius 3 is 2.46 bits per heavy atom. The van der Waals surface area contributed by atoms with Gasteiger partial charge in [-0.05, 0) is 55.7 Å². The molecule has 1 aromatic rings. The fourth-order valence-electron chi connectivity index (χ4n) is 4.38. The smallest absolute Gasteiger partial charge is 0.241 e. The number of carbonyl (C=O) groups is 1. The van der Waals surface area contributed by atoms with Gasteiger partial charge < -0.3 is 4.90 Å². The van der Waals surface area contributed by atoms with Crippen LogP contribution in [0.2, 0.25) is 0 Å². The van der Waals surface area contributed by atoms with E-state index < -0.39 is 10.0 Å². The Hall–Kier alpha value is -1.40. The predicted molar refractivity (Wildman–Crippen MR) is 92.3 cm³/mol. The van der Waals surface area contributed by atoms with Gasteiger partial charge in [0.25, 0.3) is 0 Å². The lowest BCUT2D eigenvalue weighted by atomic mass is 10.0. The Morgan fingerprint density at radius 2 is 1.83 bits per heavy atom. The SMILES string of the molecule is Cc1ccc(N2CCCC2=O)cc1S(=O)(=O)NC1[C@@H]2CCCC[C@@H]12. The largest absolute Gasteiger partial charge is 0.312 e. The predicted octanol–water partition coefficient (Wildman–Crippen LogP) is 2.59. The number of amides is 1. The number of rotatable bonds is 4. The van der Waals surface area contributed by atoms with E-state index in [2.05, 4.69) is 4.72 Å². The van der Waals surface area contributed by atoms with Crippen molar-refractivity contribution in [2.45, 2.75) is 56.4 Å². The molecule has 2 aliphatic carbocycles. The molecule has 0 unspecified atom stereocenters. The fourth-order valence-corrected chi connectivity index (χ4v) is 5.98. The quantitative estimate of drug-likeness (QED) is 0.909. The molecular formula is C18H24N2O3S. The highest BCUT2D eigenvalue weighted by molar-refractivity contribution is 7.89. The molecule has 3 fully saturated rings. The summed E-state index contributed by atoms with van der Waals surface area (Å²) in [5.41, 5.74) is 1.42. The van der Waals surface area contributed by atoms with Crippen LogP contribution in [0, 0.1) is 18.8 Å². The van der Waals surface area contributed by atoms with Crippen LogP contribution in [-0.2, 0) is 14.8 Å². The standard InChI is InChI=1S/C18H24N2O3S/c1-12-8-9-13(20-10-4-7-17(20)21)11-16(12)24(22,23)19-18-14-5-2-3-6-15(14)18/h8-9,11,14-15,18-19H,2-7,10H2,1H3/t14-,15-/m1/s1. The van der Waals surface area contributed by atoms with Gasteiger partial charge in [-0.15, -0.1) is 0 Å². The molecule has 0 bridgehead atoms. The van der Waals surface area contributed by atoms with E-state index in [1.807, 2.05) is 13.0 Å². The summed E-state index contributed by atoms with van der Waals surface area (Å²) in [5.74, 6) is 1.12. The molecule has 1 aromatic carbocycles. The molecule has 6 heteroatoms. The first-order valence-electron chi connectivity index (χ1n) is 8.91. The Balaban J connectivity index is 1.59. The average Bonchev–Trinajstić information content (AvgIpc) is 3.05. The maximum atomic E-state index is 12.9. The molecule has 24 heavy (non-hydrogen) atoms. The van der Waals surface area contributed by atoms with Crippen molar-refractivity contribution in [1.82, 2.24) is 4.72 Å². The Morgan fingerprint density at radius 1 is 1.12 bits per heavy atom. The van der Waals surface area contributed by atoms with Gasteiger partial charge in [-0.1, -0.05) is 18.9 Å². The highest BCUT2D eigenvalue weighted by Gasteiger charge is 2.52. The van der Waals surface area contributed by atoms with Gasteiger partial charge >= 0.3 is 0 Å². The van der Waals surface area contributed by atoms with E-state index in [1.54, 1.807) is 17.0 Å². The van der Waals surface area contributed by atoms with E-state index in [1.165, 1.54) is 12.8 Å². The van der Waals surface area contributed by atoms with Crippen molar-refractivity contribution < 1.29 is 13.2 Å². The summed E-state index contributed by atoms with van der Waals surface area (Å²) in [7, 11) is -3.54. The van der Waals surface area contributed by atoms with Crippen molar-refractivity contribution in [3.8, 4) is 0 Å². The molecule has 2 saturated carbocycles. The van der Waals surface area contributed by atoms with E-state index in [0.717, 1.165) is 24.8 Å². The number of aryl methyl sites for hydroxylation is 1. The second-order valence-corrected chi connectivity index (χ2v) is 9.04. The van der Waals surface area contributed by atoms with Gasteiger partial charge in [0, 0.05) is 24.7 Å². The number of fused-ring (bicyclic) bond motifs is 1. The molecule has 3 aliphatic rings. The number of benzene rings is 1. The van der Waals surface area contributed by atoms with E-state index >= 15 is 0 Å². The number of sulfonamides is 1. The first-order chi connectivity index (χ1) is 11.5. The normalized spacial score (nSPS) is 29.6. The molecule has 1 N–H and O–H groups in total. The number of carbonyl (C=O) groups excluding carboxylic acids is 1. The molecule has 2 atom stereocenters. The molecule has 130 valence electrons. The van der Waals surface area contributed by atoms with E-state index in [0.29, 0.717) is 35.4 Å². The summed E-state index contributed by atoms with van der Waals surface area (Å²) in [6.07, 6.45) is 6.08. The second kappa shape index (κ2) is 5.85. The lowest BCUT2D eigenvalue weighted by molar-refractivity contribution is -0.117. The zero-order valence-electron chi connectivity index (χ0n) is 14.0. The number of hydrogen-bond acceptors (Lipinski definition) is 3. The summed E-state index contributed by atoms with van der Waals surface area (Å²) in [5, 5.41) is 0. The Bertz CT molecular complexity index is 762. The summed E-state index contributed by atoms with van der Waals surface area (Å²) in [4.78, 5) is 13.9. The van der Waals surface area contributed by atoms with Crippen LogP contribution in [0.4, 0.5) is 5.69 Å². The molecule has 0 aromatic heterocycles. The van der Waals surface area contributed by atoms with Gasteiger partial charge in [0.05, 0.1) is 4.90 Å². The zero-order valence-corrected chi connectivity index (χ0v) is 14.8. The van der Waals surface area contributed by atoms with Gasteiger partial charge in [-0.3, -0.25) is 4.79 Å². The first kappa shape index (κ1) is 16.1. The summed E-state index contributed by atoms with van der Waals surface area (Å²) in [6, 6.07) is 5.41. The minimum absolute atomic E-state index is 0.0726. The molecule has 5 nitrogen and oxygen atoms in total. The minimum atomic E-state index is -3.54. The topological polar surface area (TPSA) is 66.5 Å². The van der Waals surface area contributed by atoms with Crippen LogP contribution in [0.15, 0.2) is 23.1 Å². The van der Waals surface area contributed by atoms with Gasteiger partial charge in [0.2, 0.25) is 15.9 Å². The maximum Gasteiger partial charge on any atom is 0.241 e. The van der Waals surface area contributed by atoms with Crippen LogP contribution in [0.3, 0.4) is 0 Å². The number of hydrogen-bond donors (Lipinski definition) is 1. The molecule has 1 heterocycles. The van der Waals surface area contributed by atoms with Crippen molar-refractivity contribution in [3.05, 3.63) is 23.8 Å². The molecule has 1 saturated heterocycles. The second-order valence-electron chi connectivity index (χ2n) is 7.36. The molecule has 1 amide bonds. The van der Waals surface area contributed by atoms with Crippen molar-refractivity contribution in [2.24, 2.45) is 11.8 Å². The van der Waals surface area contributed by atoms with Crippen LogP contribution in [0.1, 0.15) is 44.1 Å². The zero-order chi connectivity index (χ0) is 16.9. The lowest BCUT2D eigenvalue weighted by Crippen LogP contribution is -2.29. The third-order valence-electron chi connectivity index (χ3n) is 5.79. The maximum absolute atomic E-state index is 12.9. The third-order valence-corrected chi connectivity index (χ3v) is 7.40. The first-order valence-corrected chi connectivity index (χ1v) is 10.4. The molecular weight excluding hydrogens is 324 g/mol. The Labute approximate surface area is 143 Å². The van der Waals surface area contributed by atoms with Crippen molar-refractivity contribution in [2.75, 3.05) is 11.4 Å². The minimum Gasteiger partial charge on any atom is -0.312 e. The number of nitrogens with one attached hydrogen (secondary N) is 1. The highest BCUT2D eigenvalue weighted by Crippen LogP contribution is 2.50. The van der Waals surface area contributed by atoms with Crippen LogP contribution in [0.5, 0.6) is 0 Å². The fraction of sp³-hybridized carbons (Fsp3) is 0.611. The van der Waals surface area contributed by atoms with Gasteiger partial charge in [-0.2, -0.15) is 0 Å². The highest BCUT2D eigenvalue weighted by atomic mass is 32.2. The molecule has 0 radical (unpaired) electrons. The van der Waals surface area contributed by atoms with Crippen LogP contribution < -0.4 is 9.62 Å². The molecule has 4 rings (SSSR count). The average molecular weight is 348 g/mol. The lowest BCUT2D eigenvalue weighted by Gasteiger charge is -2.18. The summed E-state index contributed by atoms with van der Waals surface area (Å²) >= 11 is 0. The monoisotopic (exact) mass is 348 g/mol. The van der Waals surface area contributed by atoms with Crippen LogP contribution in [-0.4, -0.2) is 26.9 Å². The van der Waals surface area contributed by atoms with Crippen LogP contribution in [0.25, 0.3) is 0 Å². The third kappa shape index (κ3) is 2.75. The van der Waals surface area contributed by atoms with Crippen molar-refractivity contribution in [3.63, 3.8) is 0 Å². The molecule has 1 aliphatic heterocycles. The number of anilines is 1. The number of nitrogens with zero attached hydrogens (tertiary/aromatic N) is 1. The van der Waals surface area contributed by atoms with Gasteiger partial charge in [0.1, 0.15) is 0 Å². The van der Waals surface area contributed by atoms with E-state index in [4.69, 9.17) is 0 Å².